The van der Waals surface area contributed by atoms with Gasteiger partial charge in [0.2, 0.25) is 29.5 Å². The molecular formula is C31H50N6O9. The maximum absolute atomic E-state index is 12.4. The molecule has 7 N–H and O–H groups in total. The van der Waals surface area contributed by atoms with E-state index in [0.29, 0.717) is 96.2 Å². The molecule has 46 heavy (non-hydrogen) atoms. The lowest BCUT2D eigenvalue weighted by Gasteiger charge is -2.14. The highest BCUT2D eigenvalue weighted by Gasteiger charge is 2.15. The standard InChI is InChI=1S/C31H50N6O9/c1-23(38)33-15-5-17-44-19-21-46-22-20-45-18-6-16-34-28(40)12-13-29(41)37-26-10-8-25(9-11-26)31(43)35-14-4-3-7-27(30(32)42)36-24(2)39/h8-11,27H,3-7,12-22H2,1-2H3,(H2,32,42)(H,33,38)(H,34,40)(H,35,43)(H,36,39)(H,37,41). The number of unbranched alkanes of at least 4 members (excludes halogenated alkanes) is 1. The normalized spacial score (nSPS) is 11.3. The second-order valence-electron chi connectivity index (χ2n) is 10.4. The third-order valence-corrected chi connectivity index (χ3v) is 6.31. The van der Waals surface area contributed by atoms with Crippen LogP contribution < -0.4 is 32.3 Å². The molecule has 0 saturated carbocycles. The Morgan fingerprint density at radius 3 is 1.76 bits per heavy atom. The molecule has 15 nitrogen and oxygen atoms in total. The summed E-state index contributed by atoms with van der Waals surface area (Å²) in [6.07, 6.45) is 3.01. The number of anilines is 1. The summed E-state index contributed by atoms with van der Waals surface area (Å²) >= 11 is 0. The average Bonchev–Trinajstić information content (AvgIpc) is 3.01. The third kappa shape index (κ3) is 21.6. The zero-order chi connectivity index (χ0) is 34.0. The molecule has 1 aromatic carbocycles. The van der Waals surface area contributed by atoms with E-state index in [1.54, 1.807) is 24.3 Å². The van der Waals surface area contributed by atoms with Gasteiger partial charge in [0.1, 0.15) is 6.04 Å². The van der Waals surface area contributed by atoms with Crippen molar-refractivity contribution in [3.05, 3.63) is 29.8 Å². The fraction of sp³-hybridized carbons (Fsp3) is 0.613. The average molecular weight is 651 g/mol. The molecular weight excluding hydrogens is 600 g/mol. The minimum Gasteiger partial charge on any atom is -0.379 e. The second-order valence-corrected chi connectivity index (χ2v) is 10.4. The topological polar surface area (TPSA) is 216 Å². The molecule has 1 unspecified atom stereocenters. The van der Waals surface area contributed by atoms with Gasteiger partial charge in [-0.1, -0.05) is 0 Å². The third-order valence-electron chi connectivity index (χ3n) is 6.31. The Morgan fingerprint density at radius 1 is 0.652 bits per heavy atom. The molecule has 0 aliphatic heterocycles. The lowest BCUT2D eigenvalue weighted by molar-refractivity contribution is -0.126. The fourth-order valence-electron chi connectivity index (χ4n) is 3.93. The van der Waals surface area contributed by atoms with Gasteiger partial charge in [-0.15, -0.1) is 0 Å². The number of primary amides is 1. The Hall–Kier alpha value is -4.08. The maximum atomic E-state index is 12.4. The number of nitrogens with one attached hydrogen (secondary N) is 5. The number of amides is 6. The Bertz CT molecular complexity index is 1080. The number of carbonyl (C=O) groups is 6. The monoisotopic (exact) mass is 650 g/mol. The molecule has 6 amide bonds. The van der Waals surface area contributed by atoms with Crippen molar-refractivity contribution in [2.75, 3.05) is 64.6 Å². The predicted octanol–water partition coefficient (Wildman–Crippen LogP) is 0.378. The summed E-state index contributed by atoms with van der Waals surface area (Å²) in [5.41, 5.74) is 6.20. The first kappa shape index (κ1) is 39.9. The van der Waals surface area contributed by atoms with Crippen LogP contribution in [-0.4, -0.2) is 101 Å². The van der Waals surface area contributed by atoms with Crippen molar-refractivity contribution in [3.63, 3.8) is 0 Å². The van der Waals surface area contributed by atoms with Crippen molar-refractivity contribution >= 4 is 41.1 Å². The molecule has 0 aliphatic rings. The zero-order valence-electron chi connectivity index (χ0n) is 27.0. The Balaban J connectivity index is 2.06. The first-order valence-corrected chi connectivity index (χ1v) is 15.6. The molecule has 0 radical (unpaired) electrons. The van der Waals surface area contributed by atoms with E-state index in [0.717, 1.165) is 6.42 Å². The van der Waals surface area contributed by atoms with Crippen LogP contribution in [0.15, 0.2) is 24.3 Å². The molecule has 1 atom stereocenters. The van der Waals surface area contributed by atoms with Gasteiger partial charge in [0.05, 0.1) is 26.4 Å². The van der Waals surface area contributed by atoms with Gasteiger partial charge in [0.15, 0.2) is 0 Å². The van der Waals surface area contributed by atoms with Crippen LogP contribution in [0.2, 0.25) is 0 Å². The van der Waals surface area contributed by atoms with Crippen LogP contribution >= 0.6 is 0 Å². The Labute approximate surface area is 270 Å². The van der Waals surface area contributed by atoms with Crippen molar-refractivity contribution in [1.82, 2.24) is 21.3 Å². The summed E-state index contributed by atoms with van der Waals surface area (Å²) in [4.78, 5) is 69.9. The zero-order valence-corrected chi connectivity index (χ0v) is 27.0. The highest BCUT2D eigenvalue weighted by molar-refractivity contribution is 5.96. The van der Waals surface area contributed by atoms with Crippen LogP contribution in [0.5, 0.6) is 0 Å². The van der Waals surface area contributed by atoms with Crippen molar-refractivity contribution < 1.29 is 43.0 Å². The van der Waals surface area contributed by atoms with Gasteiger partial charge < -0.3 is 46.5 Å². The van der Waals surface area contributed by atoms with Gasteiger partial charge in [0.25, 0.3) is 5.91 Å². The van der Waals surface area contributed by atoms with Gasteiger partial charge in [-0.3, -0.25) is 28.8 Å². The molecule has 258 valence electrons. The molecule has 1 rings (SSSR count). The van der Waals surface area contributed by atoms with Crippen molar-refractivity contribution in [1.29, 1.82) is 0 Å². The van der Waals surface area contributed by atoms with E-state index in [4.69, 9.17) is 19.9 Å². The number of nitrogens with two attached hydrogens (primary N) is 1. The van der Waals surface area contributed by atoms with Crippen LogP contribution in [0.25, 0.3) is 0 Å². The van der Waals surface area contributed by atoms with E-state index in [-0.39, 0.29) is 42.4 Å². The lowest BCUT2D eigenvalue weighted by atomic mass is 10.1. The number of hydrogen-bond acceptors (Lipinski definition) is 9. The SMILES string of the molecule is CC(=O)NCCCOCCOCCOCCCNC(=O)CCC(=O)Nc1ccc(C(=O)NCCCCC(NC(C)=O)C(N)=O)cc1. The summed E-state index contributed by atoms with van der Waals surface area (Å²) in [5.74, 6) is -1.82. The summed E-state index contributed by atoms with van der Waals surface area (Å²) in [7, 11) is 0. The highest BCUT2D eigenvalue weighted by atomic mass is 16.5. The minimum absolute atomic E-state index is 0.0134. The van der Waals surface area contributed by atoms with Gasteiger partial charge in [-0.05, 0) is 56.4 Å². The quantitative estimate of drug-likeness (QED) is 0.0763. The van der Waals surface area contributed by atoms with Gasteiger partial charge in [-0.25, -0.2) is 0 Å². The minimum atomic E-state index is -0.731. The molecule has 15 heteroatoms. The first-order valence-electron chi connectivity index (χ1n) is 15.6. The van der Waals surface area contributed by atoms with E-state index >= 15 is 0 Å². The molecule has 0 saturated heterocycles. The number of benzene rings is 1. The summed E-state index contributed by atoms with van der Waals surface area (Å²) < 4.78 is 16.3. The van der Waals surface area contributed by atoms with Crippen molar-refractivity contribution in [2.24, 2.45) is 5.73 Å². The maximum Gasteiger partial charge on any atom is 0.251 e. The number of hydrogen-bond donors (Lipinski definition) is 6. The van der Waals surface area contributed by atoms with Crippen molar-refractivity contribution in [2.45, 2.75) is 64.8 Å². The van der Waals surface area contributed by atoms with E-state index in [1.165, 1.54) is 13.8 Å². The van der Waals surface area contributed by atoms with E-state index < -0.39 is 11.9 Å². The smallest absolute Gasteiger partial charge is 0.251 e. The summed E-state index contributed by atoms with van der Waals surface area (Å²) in [6.45, 7) is 7.04. The van der Waals surface area contributed by atoms with Gasteiger partial charge in [-0.2, -0.15) is 0 Å². The van der Waals surface area contributed by atoms with Crippen LogP contribution in [0.4, 0.5) is 5.69 Å². The van der Waals surface area contributed by atoms with E-state index in [9.17, 15) is 28.8 Å². The number of carbonyl (C=O) groups excluding carboxylic acids is 6. The second kappa shape index (κ2) is 25.2. The molecule has 1 aromatic rings. The molecule has 0 spiro atoms. The molecule has 0 fully saturated rings. The molecule has 0 heterocycles. The predicted molar refractivity (Wildman–Crippen MR) is 171 cm³/mol. The number of ether oxygens (including phenoxy) is 3. The van der Waals surface area contributed by atoms with Crippen LogP contribution in [0, 0.1) is 0 Å². The van der Waals surface area contributed by atoms with E-state index in [2.05, 4.69) is 26.6 Å². The van der Waals surface area contributed by atoms with Crippen LogP contribution in [0.1, 0.15) is 69.2 Å². The van der Waals surface area contributed by atoms with Crippen LogP contribution in [-0.2, 0) is 38.2 Å². The molecule has 0 bridgehead atoms. The van der Waals surface area contributed by atoms with Gasteiger partial charge in [0, 0.05) is 70.8 Å². The molecule has 0 aliphatic carbocycles. The summed E-state index contributed by atoms with van der Waals surface area (Å²) in [5, 5.41) is 13.4. The fourth-order valence-corrected chi connectivity index (χ4v) is 3.93. The lowest BCUT2D eigenvalue weighted by Crippen LogP contribution is -2.43. The molecule has 0 aromatic heterocycles. The van der Waals surface area contributed by atoms with E-state index in [1.807, 2.05) is 0 Å². The Morgan fingerprint density at radius 2 is 1.20 bits per heavy atom. The largest absolute Gasteiger partial charge is 0.379 e. The highest BCUT2D eigenvalue weighted by Crippen LogP contribution is 2.11. The first-order chi connectivity index (χ1) is 22.1. The summed E-state index contributed by atoms with van der Waals surface area (Å²) in [6, 6.07) is 5.65. The van der Waals surface area contributed by atoms with Crippen LogP contribution in [0.3, 0.4) is 0 Å². The van der Waals surface area contributed by atoms with Gasteiger partial charge >= 0.3 is 0 Å². The number of rotatable bonds is 26. The van der Waals surface area contributed by atoms with Crippen molar-refractivity contribution in [3.8, 4) is 0 Å². The Kier molecular flexibility index (Phi) is 21.8.